The normalized spacial score (nSPS) is 23.0. The summed E-state index contributed by atoms with van der Waals surface area (Å²) in [5, 5.41) is 20.5. The zero-order valence-corrected chi connectivity index (χ0v) is 20.8. The Morgan fingerprint density at radius 1 is 1.03 bits per heavy atom. The molecule has 3 atom stereocenters. The molecule has 0 amide bonds. The summed E-state index contributed by atoms with van der Waals surface area (Å²) in [5.74, 6) is -0.464. The van der Waals surface area contributed by atoms with E-state index in [0.29, 0.717) is 12.1 Å². The largest absolute Gasteiger partial charge is 0.416 e. The zero-order valence-electron chi connectivity index (χ0n) is 20.8. The fourth-order valence-corrected chi connectivity index (χ4v) is 4.87. The molecule has 1 fully saturated rings. The highest BCUT2D eigenvalue weighted by atomic mass is 19.4. The Morgan fingerprint density at radius 3 is 2.10 bits per heavy atom. The molecule has 39 heavy (non-hydrogen) atoms. The van der Waals surface area contributed by atoms with Crippen molar-refractivity contribution in [3.63, 3.8) is 0 Å². The van der Waals surface area contributed by atoms with Gasteiger partial charge >= 0.3 is 12.4 Å². The molecule has 2 aromatic carbocycles. The highest BCUT2D eigenvalue weighted by Gasteiger charge is 2.49. The first kappa shape index (κ1) is 28.7. The molecule has 0 saturated carbocycles. The van der Waals surface area contributed by atoms with Gasteiger partial charge in [-0.2, -0.15) is 26.3 Å². The minimum absolute atomic E-state index is 0.0405. The lowest BCUT2D eigenvalue weighted by atomic mass is 9.74. The van der Waals surface area contributed by atoms with Crippen molar-refractivity contribution in [1.29, 1.82) is 0 Å². The minimum atomic E-state index is -4.98. The summed E-state index contributed by atoms with van der Waals surface area (Å²) in [4.78, 5) is 12.8. The van der Waals surface area contributed by atoms with Gasteiger partial charge in [0.05, 0.1) is 29.4 Å². The summed E-state index contributed by atoms with van der Waals surface area (Å²) in [6, 6.07) is 10.4. The van der Waals surface area contributed by atoms with Gasteiger partial charge in [-0.3, -0.25) is 4.79 Å². The van der Waals surface area contributed by atoms with Gasteiger partial charge < -0.3 is 19.7 Å². The van der Waals surface area contributed by atoms with Gasteiger partial charge in [-0.1, -0.05) is 30.3 Å². The Kier molecular flexibility index (Phi) is 7.88. The molecule has 1 saturated heterocycles. The zero-order chi connectivity index (χ0) is 28.5. The number of Topliss-reactive ketones (excluding diaryl/α,β-unsaturated/α-hetero) is 1. The van der Waals surface area contributed by atoms with Gasteiger partial charge in [0.1, 0.15) is 24.8 Å². The highest BCUT2D eigenvalue weighted by Crippen LogP contribution is 2.41. The van der Waals surface area contributed by atoms with Crippen LogP contribution in [0.2, 0.25) is 0 Å². The van der Waals surface area contributed by atoms with E-state index in [0.717, 1.165) is 5.56 Å². The molecule has 0 spiro atoms. The second kappa shape index (κ2) is 10.7. The fourth-order valence-electron chi connectivity index (χ4n) is 4.87. The standard InChI is InChI=1S/C26H26F6N4O3/c1-17(18-9-20(25(27,28)29)11-21(10-18)26(30,31)32)39-14-23(19-5-3-2-4-6-19)7-8-24(13-33-23,22(38)12-37)36-15-34-35-16-36/h2-6,9-11,15-17,33,37H,7-8,12-14H2,1H3/t17-,23-,24-/m1/s1. The average Bonchev–Trinajstić information content (AvgIpc) is 3.46. The van der Waals surface area contributed by atoms with E-state index in [4.69, 9.17) is 4.74 Å². The number of piperidine rings is 1. The van der Waals surface area contributed by atoms with Crippen LogP contribution in [0, 0.1) is 0 Å². The van der Waals surface area contributed by atoms with Crippen LogP contribution in [0.4, 0.5) is 26.3 Å². The van der Waals surface area contributed by atoms with Crippen LogP contribution in [-0.4, -0.2) is 45.4 Å². The van der Waals surface area contributed by atoms with Gasteiger partial charge in [0.15, 0.2) is 5.78 Å². The Balaban J connectivity index is 1.63. The number of hydrogen-bond donors (Lipinski definition) is 2. The number of benzene rings is 2. The number of halogens is 6. The molecule has 1 aromatic heterocycles. The van der Waals surface area contributed by atoms with Crippen LogP contribution in [0.5, 0.6) is 0 Å². The molecule has 0 aliphatic carbocycles. The van der Waals surface area contributed by atoms with Crippen LogP contribution in [0.15, 0.2) is 61.2 Å². The first-order valence-corrected chi connectivity index (χ1v) is 12.0. The number of alkyl halides is 6. The van der Waals surface area contributed by atoms with Crippen molar-refractivity contribution in [2.75, 3.05) is 19.8 Å². The van der Waals surface area contributed by atoms with E-state index in [-0.39, 0.29) is 37.6 Å². The molecule has 1 aliphatic heterocycles. The molecule has 13 heteroatoms. The van der Waals surface area contributed by atoms with Crippen molar-refractivity contribution in [2.45, 2.75) is 49.3 Å². The lowest BCUT2D eigenvalue weighted by molar-refractivity contribution is -0.143. The summed E-state index contributed by atoms with van der Waals surface area (Å²) in [6.07, 6.45) is -7.83. The number of aliphatic hydroxyl groups excluding tert-OH is 1. The predicted molar refractivity (Wildman–Crippen MR) is 126 cm³/mol. The van der Waals surface area contributed by atoms with E-state index in [1.165, 1.54) is 24.1 Å². The monoisotopic (exact) mass is 556 g/mol. The first-order chi connectivity index (χ1) is 18.3. The van der Waals surface area contributed by atoms with E-state index in [1.807, 2.05) is 12.1 Å². The SMILES string of the molecule is C[C@@H](OC[C@@]1(c2ccccc2)CC[C@@](C(=O)CO)(n2cnnc2)CN1)c1cc(C(F)(F)F)cc(C(F)(F)F)c1. The number of ketones is 1. The van der Waals surface area contributed by atoms with E-state index < -0.39 is 53.1 Å². The summed E-state index contributed by atoms with van der Waals surface area (Å²) < 4.78 is 87.7. The van der Waals surface area contributed by atoms with Crippen LogP contribution >= 0.6 is 0 Å². The number of carbonyl (C=O) groups excluding carboxylic acids is 1. The number of hydrogen-bond acceptors (Lipinski definition) is 6. The van der Waals surface area contributed by atoms with Gasteiger partial charge in [0, 0.05) is 6.54 Å². The Bertz CT molecular complexity index is 1240. The second-order valence-electron chi connectivity index (χ2n) is 9.58. The maximum atomic E-state index is 13.4. The van der Waals surface area contributed by atoms with Crippen LogP contribution in [0.3, 0.4) is 0 Å². The first-order valence-electron chi connectivity index (χ1n) is 12.0. The summed E-state index contributed by atoms with van der Waals surface area (Å²) in [5.41, 5.74) is -4.48. The van der Waals surface area contributed by atoms with E-state index >= 15 is 0 Å². The lowest BCUT2D eigenvalue weighted by Crippen LogP contribution is -2.62. The molecule has 3 aromatic rings. The van der Waals surface area contributed by atoms with Crippen molar-refractivity contribution in [1.82, 2.24) is 20.1 Å². The third-order valence-electron chi connectivity index (χ3n) is 7.25. The molecule has 1 aliphatic rings. The van der Waals surface area contributed by atoms with Crippen LogP contribution in [0.1, 0.15) is 48.1 Å². The van der Waals surface area contributed by atoms with Gasteiger partial charge in [-0.15, -0.1) is 10.2 Å². The van der Waals surface area contributed by atoms with Crippen molar-refractivity contribution in [3.8, 4) is 0 Å². The van der Waals surface area contributed by atoms with Crippen LogP contribution in [-0.2, 0) is 33.0 Å². The third kappa shape index (κ3) is 5.85. The number of nitrogens with zero attached hydrogens (tertiary/aromatic N) is 3. The molecule has 7 nitrogen and oxygen atoms in total. The molecule has 4 rings (SSSR count). The van der Waals surface area contributed by atoms with Gasteiger partial charge in [-0.25, -0.2) is 0 Å². The van der Waals surface area contributed by atoms with Gasteiger partial charge in [-0.05, 0) is 49.1 Å². The van der Waals surface area contributed by atoms with Crippen molar-refractivity contribution >= 4 is 5.78 Å². The van der Waals surface area contributed by atoms with E-state index in [2.05, 4.69) is 15.5 Å². The second-order valence-corrected chi connectivity index (χ2v) is 9.58. The van der Waals surface area contributed by atoms with E-state index in [1.54, 1.807) is 18.2 Å². The number of carbonyl (C=O) groups is 1. The van der Waals surface area contributed by atoms with Gasteiger partial charge in [0.25, 0.3) is 0 Å². The Hall–Kier alpha value is -3.29. The smallest absolute Gasteiger partial charge is 0.388 e. The third-order valence-corrected chi connectivity index (χ3v) is 7.25. The number of aromatic nitrogens is 3. The van der Waals surface area contributed by atoms with Crippen LogP contribution in [0.25, 0.3) is 0 Å². The van der Waals surface area contributed by atoms with E-state index in [9.17, 15) is 36.2 Å². The summed E-state index contributed by atoms with van der Waals surface area (Å²) in [6.45, 7) is 0.580. The number of rotatable bonds is 8. The molecular weight excluding hydrogens is 530 g/mol. The van der Waals surface area contributed by atoms with Crippen LogP contribution < -0.4 is 5.32 Å². The quantitative estimate of drug-likeness (QED) is 0.394. The maximum Gasteiger partial charge on any atom is 0.416 e. The summed E-state index contributed by atoms with van der Waals surface area (Å²) in [7, 11) is 0. The minimum Gasteiger partial charge on any atom is -0.388 e. The highest BCUT2D eigenvalue weighted by molar-refractivity contribution is 5.88. The maximum absolute atomic E-state index is 13.4. The molecule has 2 heterocycles. The molecule has 0 unspecified atom stereocenters. The Morgan fingerprint density at radius 2 is 1.62 bits per heavy atom. The fraction of sp³-hybridized carbons (Fsp3) is 0.423. The lowest BCUT2D eigenvalue weighted by Gasteiger charge is -2.47. The molecule has 210 valence electrons. The number of aliphatic hydroxyl groups is 1. The number of nitrogens with one attached hydrogen (secondary N) is 1. The number of ether oxygens (including phenoxy) is 1. The molecule has 2 N–H and O–H groups in total. The van der Waals surface area contributed by atoms with Crippen molar-refractivity contribution in [3.05, 3.63) is 83.4 Å². The molecule has 0 bridgehead atoms. The van der Waals surface area contributed by atoms with Gasteiger partial charge in [0.2, 0.25) is 0 Å². The summed E-state index contributed by atoms with van der Waals surface area (Å²) >= 11 is 0. The predicted octanol–water partition coefficient (Wildman–Crippen LogP) is 4.63. The topological polar surface area (TPSA) is 89.3 Å². The Labute approximate surface area is 219 Å². The van der Waals surface area contributed by atoms with Crippen molar-refractivity contribution in [2.24, 2.45) is 0 Å². The van der Waals surface area contributed by atoms with Crippen molar-refractivity contribution < 1.29 is 41.0 Å². The molecule has 0 radical (unpaired) electrons. The molecular formula is C26H26F6N4O3. The average molecular weight is 557 g/mol.